The minimum Gasteiger partial charge on any atom is -0.463 e. The fraction of sp³-hybridized carbons (Fsp3) is 0.375. The Morgan fingerprint density at radius 3 is 2.14 bits per heavy atom. The molecule has 0 radical (unpaired) electrons. The van der Waals surface area contributed by atoms with Crippen LogP contribution in [0.4, 0.5) is 0 Å². The van der Waals surface area contributed by atoms with Crippen LogP contribution >= 0.6 is 0 Å². The third-order valence-electron chi connectivity index (χ3n) is 4.97. The van der Waals surface area contributed by atoms with E-state index in [-0.39, 0.29) is 18.2 Å². The molecule has 1 aliphatic rings. The molecule has 0 bridgehead atoms. The van der Waals surface area contributed by atoms with Crippen LogP contribution in [0.3, 0.4) is 0 Å². The molecule has 1 aliphatic heterocycles. The Morgan fingerprint density at radius 2 is 1.61 bits per heavy atom. The molecule has 0 aliphatic carbocycles. The molecule has 4 heteroatoms. The summed E-state index contributed by atoms with van der Waals surface area (Å²) in [6.45, 7) is 4.93. The number of piperidine rings is 1. The van der Waals surface area contributed by atoms with Crippen LogP contribution in [0, 0.1) is 0 Å². The average molecular weight is 380 g/mol. The largest absolute Gasteiger partial charge is 0.463 e. The summed E-state index contributed by atoms with van der Waals surface area (Å²) in [5.74, 6) is -0.269. The van der Waals surface area contributed by atoms with Gasteiger partial charge in [-0.05, 0) is 30.9 Å². The van der Waals surface area contributed by atoms with Crippen molar-refractivity contribution in [2.45, 2.75) is 32.0 Å². The molecule has 4 nitrogen and oxygen atoms in total. The average Bonchev–Trinajstić information content (AvgIpc) is 2.74. The lowest BCUT2D eigenvalue weighted by Gasteiger charge is -2.33. The maximum absolute atomic E-state index is 11.4. The van der Waals surface area contributed by atoms with E-state index in [1.165, 1.54) is 17.2 Å². The first-order valence-electron chi connectivity index (χ1n) is 10.1. The molecule has 148 valence electrons. The number of benzene rings is 2. The molecule has 2 aromatic rings. The number of carbonyl (C=O) groups excluding carboxylic acids is 1. The third-order valence-corrected chi connectivity index (χ3v) is 4.97. The second kappa shape index (κ2) is 10.8. The zero-order valence-electron chi connectivity index (χ0n) is 16.5. The maximum atomic E-state index is 11.4. The van der Waals surface area contributed by atoms with Crippen molar-refractivity contribution in [1.82, 2.24) is 4.90 Å². The highest BCUT2D eigenvalue weighted by Gasteiger charge is 2.24. The molecule has 0 spiro atoms. The van der Waals surface area contributed by atoms with Gasteiger partial charge in [0.25, 0.3) is 0 Å². The highest BCUT2D eigenvalue weighted by molar-refractivity contribution is 5.81. The number of esters is 1. The highest BCUT2D eigenvalue weighted by Crippen LogP contribution is 2.29. The quantitative estimate of drug-likeness (QED) is 0.504. The lowest BCUT2D eigenvalue weighted by atomic mass is 10.00. The number of hydrogen-bond acceptors (Lipinski definition) is 4. The lowest BCUT2D eigenvalue weighted by Crippen LogP contribution is -2.37. The molecule has 1 heterocycles. The molecule has 1 fully saturated rings. The Kier molecular flexibility index (Phi) is 7.82. The highest BCUT2D eigenvalue weighted by atomic mass is 16.5. The molecule has 0 unspecified atom stereocenters. The van der Waals surface area contributed by atoms with Crippen molar-refractivity contribution in [2.75, 3.05) is 26.2 Å². The van der Waals surface area contributed by atoms with E-state index < -0.39 is 0 Å². The summed E-state index contributed by atoms with van der Waals surface area (Å²) in [6, 6.07) is 20.8. The Bertz CT molecular complexity index is 697. The van der Waals surface area contributed by atoms with Gasteiger partial charge in [0.15, 0.2) is 0 Å². The summed E-state index contributed by atoms with van der Waals surface area (Å²) < 4.78 is 11.5. The van der Waals surface area contributed by atoms with Crippen LogP contribution in [-0.4, -0.2) is 43.2 Å². The van der Waals surface area contributed by atoms with Crippen LogP contribution in [0.1, 0.15) is 37.0 Å². The van der Waals surface area contributed by atoms with Crippen LogP contribution < -0.4 is 0 Å². The molecule has 0 atom stereocenters. The summed E-state index contributed by atoms with van der Waals surface area (Å²) in [5.41, 5.74) is 2.38. The van der Waals surface area contributed by atoms with Crippen LogP contribution in [0.15, 0.2) is 72.8 Å². The van der Waals surface area contributed by atoms with Gasteiger partial charge in [-0.15, -0.1) is 0 Å². The van der Waals surface area contributed by atoms with Crippen molar-refractivity contribution in [3.05, 3.63) is 83.9 Å². The van der Waals surface area contributed by atoms with Gasteiger partial charge >= 0.3 is 5.97 Å². The molecule has 3 rings (SSSR count). The normalized spacial score (nSPS) is 15.9. The first-order chi connectivity index (χ1) is 13.8. The maximum Gasteiger partial charge on any atom is 0.330 e. The zero-order chi connectivity index (χ0) is 19.6. The molecule has 0 aromatic heterocycles. The van der Waals surface area contributed by atoms with Crippen LogP contribution in [-0.2, 0) is 14.3 Å². The van der Waals surface area contributed by atoms with E-state index in [0.29, 0.717) is 6.61 Å². The molecule has 0 saturated carbocycles. The first kappa shape index (κ1) is 20.3. The number of carbonyl (C=O) groups is 1. The number of hydrogen-bond donors (Lipinski definition) is 0. The van der Waals surface area contributed by atoms with Gasteiger partial charge in [0, 0.05) is 25.7 Å². The molecule has 2 aromatic carbocycles. The molecular formula is C24H29NO3. The van der Waals surface area contributed by atoms with Gasteiger partial charge in [-0.1, -0.05) is 66.7 Å². The molecule has 0 N–H and O–H groups in total. The summed E-state index contributed by atoms with van der Waals surface area (Å²) in [6.07, 6.45) is 5.58. The van der Waals surface area contributed by atoms with Crippen LogP contribution in [0.5, 0.6) is 0 Å². The van der Waals surface area contributed by atoms with Gasteiger partial charge in [-0.25, -0.2) is 4.79 Å². The van der Waals surface area contributed by atoms with E-state index in [1.807, 2.05) is 25.1 Å². The van der Waals surface area contributed by atoms with Crippen molar-refractivity contribution >= 4 is 5.97 Å². The van der Waals surface area contributed by atoms with E-state index in [1.54, 1.807) is 0 Å². The molecule has 1 saturated heterocycles. The predicted molar refractivity (Wildman–Crippen MR) is 111 cm³/mol. The topological polar surface area (TPSA) is 38.8 Å². The summed E-state index contributed by atoms with van der Waals surface area (Å²) in [7, 11) is 0. The summed E-state index contributed by atoms with van der Waals surface area (Å²) >= 11 is 0. The van der Waals surface area contributed by atoms with Crippen molar-refractivity contribution in [3.8, 4) is 0 Å². The van der Waals surface area contributed by atoms with Gasteiger partial charge in [0.1, 0.15) is 6.10 Å². The number of rotatable bonds is 8. The SMILES string of the molecule is CCOC(=O)C=CCN1CCC(OC(c2ccccc2)c2ccccc2)CC1. The minimum absolute atomic E-state index is 0.0392. The Morgan fingerprint density at radius 1 is 1.04 bits per heavy atom. The Hall–Kier alpha value is -2.43. The van der Waals surface area contributed by atoms with E-state index >= 15 is 0 Å². The molecule has 0 amide bonds. The van der Waals surface area contributed by atoms with Crippen LogP contribution in [0.2, 0.25) is 0 Å². The number of ether oxygens (including phenoxy) is 2. The predicted octanol–water partition coefficient (Wildman–Crippen LogP) is 4.38. The molecular weight excluding hydrogens is 350 g/mol. The van der Waals surface area contributed by atoms with Crippen molar-refractivity contribution in [2.24, 2.45) is 0 Å². The minimum atomic E-state index is -0.269. The summed E-state index contributed by atoms with van der Waals surface area (Å²) in [4.78, 5) is 13.7. The van der Waals surface area contributed by atoms with Crippen LogP contribution in [0.25, 0.3) is 0 Å². The van der Waals surface area contributed by atoms with Gasteiger partial charge in [0.05, 0.1) is 12.7 Å². The monoisotopic (exact) mass is 379 g/mol. The molecule has 28 heavy (non-hydrogen) atoms. The van der Waals surface area contributed by atoms with Gasteiger partial charge in [0.2, 0.25) is 0 Å². The standard InChI is InChI=1S/C24H29NO3/c1-2-27-23(26)14-9-17-25-18-15-22(16-19-25)28-24(20-10-5-3-6-11-20)21-12-7-4-8-13-21/h3-14,22,24H,2,15-19H2,1H3. The second-order valence-electron chi connectivity index (χ2n) is 6.99. The third kappa shape index (κ3) is 6.04. The van der Waals surface area contributed by atoms with Gasteiger partial charge < -0.3 is 9.47 Å². The fourth-order valence-electron chi connectivity index (χ4n) is 3.51. The first-order valence-corrected chi connectivity index (χ1v) is 10.1. The summed E-state index contributed by atoms with van der Waals surface area (Å²) in [5, 5.41) is 0. The van der Waals surface area contributed by atoms with Crippen molar-refractivity contribution < 1.29 is 14.3 Å². The van der Waals surface area contributed by atoms with E-state index in [9.17, 15) is 4.79 Å². The Labute approximate surface area is 167 Å². The fourth-order valence-corrected chi connectivity index (χ4v) is 3.51. The van der Waals surface area contributed by atoms with E-state index in [0.717, 1.165) is 32.5 Å². The second-order valence-corrected chi connectivity index (χ2v) is 6.99. The van der Waals surface area contributed by atoms with E-state index in [2.05, 4.69) is 53.4 Å². The Balaban J connectivity index is 1.55. The van der Waals surface area contributed by atoms with Gasteiger partial charge in [-0.2, -0.15) is 0 Å². The number of nitrogens with zero attached hydrogens (tertiary/aromatic N) is 1. The van der Waals surface area contributed by atoms with Crippen molar-refractivity contribution in [3.63, 3.8) is 0 Å². The lowest BCUT2D eigenvalue weighted by molar-refractivity contribution is -0.137. The number of likely N-dealkylation sites (tertiary alicyclic amines) is 1. The smallest absolute Gasteiger partial charge is 0.330 e. The van der Waals surface area contributed by atoms with Crippen molar-refractivity contribution in [1.29, 1.82) is 0 Å². The zero-order valence-corrected chi connectivity index (χ0v) is 16.5. The van der Waals surface area contributed by atoms with Gasteiger partial charge in [-0.3, -0.25) is 4.90 Å². The van der Waals surface area contributed by atoms with E-state index in [4.69, 9.17) is 9.47 Å².